The fourth-order valence-corrected chi connectivity index (χ4v) is 0.578. The van der Waals surface area contributed by atoms with Crippen LogP contribution in [0.2, 0.25) is 0 Å². The van der Waals surface area contributed by atoms with Crippen molar-refractivity contribution in [2.24, 2.45) is 0 Å². The summed E-state index contributed by atoms with van der Waals surface area (Å²) < 4.78 is 35.9. The number of nitrogens with one attached hydrogen (secondary N) is 2. The number of carbonyl (C=O) groups is 2. The van der Waals surface area contributed by atoms with E-state index in [1.165, 1.54) is 0 Å². The monoisotopic (exact) mass is 223 g/mol. The molecule has 0 aliphatic rings. The van der Waals surface area contributed by atoms with E-state index in [0.717, 1.165) is 22.6 Å². The fourth-order valence-electron chi connectivity index (χ4n) is 0.578. The predicted octanol–water partition coefficient (Wildman–Crippen LogP) is -0.380. The molecule has 0 bridgehead atoms. The lowest BCUT2D eigenvalue weighted by Gasteiger charge is -2.07. The Bertz CT molecular complexity index is 359. The maximum Gasteiger partial charge on any atom is 0.471 e. The topological polar surface area (TPSA) is 88.9 Å². The van der Waals surface area contributed by atoms with Crippen LogP contribution >= 0.6 is 0 Å². The summed E-state index contributed by atoms with van der Waals surface area (Å²) in [5.41, 5.74) is 1.85. The molecule has 1 aromatic rings. The van der Waals surface area contributed by atoms with Crippen molar-refractivity contribution in [2.45, 2.75) is 6.18 Å². The second-order valence-corrected chi connectivity index (χ2v) is 2.26. The second-order valence-electron chi connectivity index (χ2n) is 2.26. The summed E-state index contributed by atoms with van der Waals surface area (Å²) in [6.45, 7) is 0. The van der Waals surface area contributed by atoms with Gasteiger partial charge in [-0.15, -0.1) is 10.2 Å². The number of imide groups is 1. The molecule has 0 spiro atoms. The van der Waals surface area contributed by atoms with Crippen LogP contribution in [-0.4, -0.2) is 33.0 Å². The van der Waals surface area contributed by atoms with Crippen LogP contribution in [0.4, 0.5) is 18.0 Å². The summed E-state index contributed by atoms with van der Waals surface area (Å²) in [5, 5.41) is 7.60. The minimum atomic E-state index is -5.11. The molecule has 3 amide bonds. The molecule has 82 valence electrons. The number of hydrogen-bond donors (Lipinski definition) is 2. The lowest BCUT2D eigenvalue weighted by atomic mass is 10.6. The highest BCUT2D eigenvalue weighted by molar-refractivity contribution is 6.00. The molecule has 1 heterocycles. The molecule has 7 nitrogen and oxygen atoms in total. The Labute approximate surface area is 80.2 Å². The Morgan fingerprint density at radius 2 is 1.73 bits per heavy atom. The minimum Gasteiger partial charge on any atom is -0.269 e. The number of nitrogens with zero attached hydrogens (tertiary/aromatic N) is 3. The van der Waals surface area contributed by atoms with E-state index in [-0.39, 0.29) is 0 Å². The molecule has 1 rings (SSSR count). The Morgan fingerprint density at radius 3 is 2.20 bits per heavy atom. The molecule has 0 atom stereocenters. The number of carbonyl (C=O) groups excluding carboxylic acids is 2. The maximum absolute atomic E-state index is 11.7. The van der Waals surface area contributed by atoms with Crippen LogP contribution in [-0.2, 0) is 4.79 Å². The maximum atomic E-state index is 11.7. The highest BCUT2D eigenvalue weighted by atomic mass is 19.4. The number of aromatic nitrogens is 3. The van der Waals surface area contributed by atoms with Crippen LogP contribution in [0, 0.1) is 0 Å². The zero-order valence-electron chi connectivity index (χ0n) is 6.95. The van der Waals surface area contributed by atoms with Gasteiger partial charge in [-0.1, -0.05) is 0 Å². The van der Waals surface area contributed by atoms with Crippen molar-refractivity contribution in [1.29, 1.82) is 0 Å². The molecular formula is C5H4F3N5O2. The summed E-state index contributed by atoms with van der Waals surface area (Å²) in [5.74, 6) is -2.35. The van der Waals surface area contributed by atoms with E-state index in [9.17, 15) is 22.8 Å². The van der Waals surface area contributed by atoms with Crippen molar-refractivity contribution in [3.05, 3.63) is 12.7 Å². The summed E-state index contributed by atoms with van der Waals surface area (Å²) in [6, 6.07) is -1.34. The van der Waals surface area contributed by atoms with Crippen LogP contribution in [0.5, 0.6) is 0 Å². The molecule has 0 fully saturated rings. The van der Waals surface area contributed by atoms with Gasteiger partial charge in [-0.25, -0.2) is 14.9 Å². The van der Waals surface area contributed by atoms with E-state index in [1.807, 2.05) is 5.43 Å². The smallest absolute Gasteiger partial charge is 0.269 e. The number of halogens is 3. The molecule has 0 saturated heterocycles. The Balaban J connectivity index is 2.47. The van der Waals surface area contributed by atoms with Gasteiger partial charge in [-0.2, -0.15) is 13.2 Å². The summed E-state index contributed by atoms with van der Waals surface area (Å²) in [4.78, 5) is 21.0. The minimum absolute atomic E-state index is 0.874. The summed E-state index contributed by atoms with van der Waals surface area (Å²) in [7, 11) is 0. The molecule has 0 aliphatic carbocycles. The number of rotatable bonds is 1. The van der Waals surface area contributed by atoms with Crippen LogP contribution in [0.1, 0.15) is 0 Å². The number of alkyl halides is 3. The van der Waals surface area contributed by atoms with Crippen molar-refractivity contribution < 1.29 is 22.8 Å². The molecule has 0 saturated carbocycles. The molecule has 2 N–H and O–H groups in total. The first-order chi connectivity index (χ1) is 6.89. The van der Waals surface area contributed by atoms with Gasteiger partial charge in [0.2, 0.25) is 0 Å². The highest BCUT2D eigenvalue weighted by Gasteiger charge is 2.39. The molecule has 0 aliphatic heterocycles. The Hall–Kier alpha value is -2.13. The lowest BCUT2D eigenvalue weighted by molar-refractivity contribution is -0.172. The SMILES string of the molecule is O=C(NC(=O)C(F)(F)F)Nn1cnnc1. The van der Waals surface area contributed by atoms with Crippen LogP contribution < -0.4 is 10.7 Å². The normalized spacial score (nSPS) is 10.9. The standard InChI is InChI=1S/C5H4F3N5O2/c6-5(7,8)3(14)11-4(15)12-13-1-9-10-2-13/h1-2H,(H2,11,12,14,15). The van der Waals surface area contributed by atoms with Crippen molar-refractivity contribution >= 4 is 11.9 Å². The van der Waals surface area contributed by atoms with Gasteiger partial charge in [0.1, 0.15) is 12.7 Å². The molecule has 15 heavy (non-hydrogen) atoms. The van der Waals surface area contributed by atoms with Crippen molar-refractivity contribution in [3.8, 4) is 0 Å². The average Bonchev–Trinajstić information content (AvgIpc) is 2.54. The first kappa shape index (κ1) is 10.9. The lowest BCUT2D eigenvalue weighted by Crippen LogP contribution is -2.44. The number of hydrogen-bond acceptors (Lipinski definition) is 4. The van der Waals surface area contributed by atoms with Crippen LogP contribution in [0.25, 0.3) is 0 Å². The zero-order chi connectivity index (χ0) is 11.5. The van der Waals surface area contributed by atoms with Gasteiger partial charge in [0.15, 0.2) is 0 Å². The molecular weight excluding hydrogens is 219 g/mol. The van der Waals surface area contributed by atoms with Crippen molar-refractivity contribution in [3.63, 3.8) is 0 Å². The summed E-state index contributed by atoms with van der Waals surface area (Å²) >= 11 is 0. The molecule has 0 unspecified atom stereocenters. The molecule has 10 heteroatoms. The number of amides is 3. The Kier molecular flexibility index (Phi) is 2.87. The highest BCUT2D eigenvalue weighted by Crippen LogP contribution is 2.13. The first-order valence-corrected chi connectivity index (χ1v) is 3.43. The summed E-state index contributed by atoms with van der Waals surface area (Å²) in [6.07, 6.45) is -3.06. The average molecular weight is 223 g/mol. The molecule has 0 radical (unpaired) electrons. The third kappa shape index (κ3) is 3.25. The van der Waals surface area contributed by atoms with Crippen molar-refractivity contribution in [2.75, 3.05) is 5.43 Å². The van der Waals surface area contributed by atoms with E-state index in [4.69, 9.17) is 0 Å². The van der Waals surface area contributed by atoms with Gasteiger partial charge in [0.25, 0.3) is 0 Å². The van der Waals surface area contributed by atoms with Gasteiger partial charge >= 0.3 is 18.1 Å². The molecule has 0 aromatic carbocycles. The van der Waals surface area contributed by atoms with Gasteiger partial charge in [0, 0.05) is 0 Å². The van der Waals surface area contributed by atoms with Gasteiger partial charge in [0.05, 0.1) is 0 Å². The Morgan fingerprint density at radius 1 is 1.20 bits per heavy atom. The zero-order valence-corrected chi connectivity index (χ0v) is 6.95. The fraction of sp³-hybridized carbons (Fsp3) is 0.200. The quantitative estimate of drug-likeness (QED) is 0.679. The van der Waals surface area contributed by atoms with E-state index in [2.05, 4.69) is 10.2 Å². The third-order valence-electron chi connectivity index (χ3n) is 1.13. The number of urea groups is 1. The van der Waals surface area contributed by atoms with Crippen LogP contribution in [0.15, 0.2) is 12.7 Å². The van der Waals surface area contributed by atoms with E-state index in [1.54, 1.807) is 0 Å². The van der Waals surface area contributed by atoms with Gasteiger partial charge in [-0.3, -0.25) is 10.1 Å². The van der Waals surface area contributed by atoms with E-state index < -0.39 is 18.1 Å². The van der Waals surface area contributed by atoms with Crippen LogP contribution in [0.3, 0.4) is 0 Å². The first-order valence-electron chi connectivity index (χ1n) is 3.43. The van der Waals surface area contributed by atoms with Gasteiger partial charge < -0.3 is 0 Å². The largest absolute Gasteiger partial charge is 0.471 e. The predicted molar refractivity (Wildman–Crippen MR) is 39.0 cm³/mol. The third-order valence-corrected chi connectivity index (χ3v) is 1.13. The van der Waals surface area contributed by atoms with Gasteiger partial charge in [-0.05, 0) is 0 Å². The molecule has 1 aromatic heterocycles. The van der Waals surface area contributed by atoms with Crippen molar-refractivity contribution in [1.82, 2.24) is 20.2 Å². The van der Waals surface area contributed by atoms with E-state index in [0.29, 0.717) is 0 Å². The second kappa shape index (κ2) is 3.94. The van der Waals surface area contributed by atoms with E-state index >= 15 is 0 Å².